The Hall–Kier alpha value is -2.99. The first-order valence-corrected chi connectivity index (χ1v) is 11.1. The fraction of sp³-hybridized carbons (Fsp3) is 0.182. The molecule has 0 saturated heterocycles. The van der Waals surface area contributed by atoms with Gasteiger partial charge in [0.05, 0.1) is 17.1 Å². The maximum atomic E-state index is 11.6. The van der Waals surface area contributed by atoms with Crippen LogP contribution in [0, 0.1) is 0 Å². The molecule has 0 fully saturated rings. The summed E-state index contributed by atoms with van der Waals surface area (Å²) >= 11 is 0. The molecule has 1 aliphatic rings. The Bertz CT molecular complexity index is 1280. The van der Waals surface area contributed by atoms with Crippen molar-refractivity contribution in [1.29, 1.82) is 0 Å². The first-order chi connectivity index (χ1) is 13.5. The zero-order chi connectivity index (χ0) is 19.3. The molecule has 0 amide bonds. The summed E-state index contributed by atoms with van der Waals surface area (Å²) in [7, 11) is -3.30. The second-order valence-electron chi connectivity index (χ2n) is 7.22. The average Bonchev–Trinajstić information content (AvgIpc) is 3.27. The van der Waals surface area contributed by atoms with Gasteiger partial charge in [-0.05, 0) is 41.8 Å². The molecule has 140 valence electrons. The van der Waals surface area contributed by atoms with Crippen LogP contribution in [0.15, 0.2) is 71.9 Å². The zero-order valence-corrected chi connectivity index (χ0v) is 16.2. The lowest BCUT2D eigenvalue weighted by Crippen LogP contribution is -2.05. The SMILES string of the molecule is CS(=O)(=O)c1ccc(-c2ccc3nc4n(c3c2)[C@H](c2ccccc2)CC4)cn1. The van der Waals surface area contributed by atoms with Crippen LogP contribution >= 0.6 is 0 Å². The highest BCUT2D eigenvalue weighted by Crippen LogP contribution is 2.36. The van der Waals surface area contributed by atoms with Crippen LogP contribution in [-0.2, 0) is 16.3 Å². The van der Waals surface area contributed by atoms with Crippen LogP contribution in [0.3, 0.4) is 0 Å². The molecular weight excluding hydrogens is 370 g/mol. The summed E-state index contributed by atoms with van der Waals surface area (Å²) in [5.74, 6) is 1.12. The van der Waals surface area contributed by atoms with Gasteiger partial charge in [0.1, 0.15) is 5.82 Å². The Kier molecular flexibility index (Phi) is 3.84. The molecule has 0 spiro atoms. The third-order valence-electron chi connectivity index (χ3n) is 5.35. The van der Waals surface area contributed by atoms with Crippen molar-refractivity contribution in [3.8, 4) is 11.1 Å². The van der Waals surface area contributed by atoms with E-state index in [1.807, 2.05) is 18.2 Å². The monoisotopic (exact) mass is 389 g/mol. The summed E-state index contributed by atoms with van der Waals surface area (Å²) in [6.07, 6.45) is 4.80. The third kappa shape index (κ3) is 2.81. The van der Waals surface area contributed by atoms with Gasteiger partial charge in [-0.25, -0.2) is 18.4 Å². The maximum Gasteiger partial charge on any atom is 0.192 e. The van der Waals surface area contributed by atoms with Gasteiger partial charge in [0, 0.05) is 24.4 Å². The predicted molar refractivity (Wildman–Crippen MR) is 109 cm³/mol. The van der Waals surface area contributed by atoms with Crippen LogP contribution in [0.4, 0.5) is 0 Å². The van der Waals surface area contributed by atoms with E-state index in [1.54, 1.807) is 18.3 Å². The van der Waals surface area contributed by atoms with E-state index in [2.05, 4.69) is 39.9 Å². The van der Waals surface area contributed by atoms with Gasteiger partial charge in [0.2, 0.25) is 0 Å². The van der Waals surface area contributed by atoms with Crippen LogP contribution in [0.5, 0.6) is 0 Å². The second kappa shape index (κ2) is 6.27. The number of imidazole rings is 1. The number of aryl methyl sites for hydroxylation is 1. The topological polar surface area (TPSA) is 64.8 Å². The Morgan fingerprint density at radius 3 is 2.50 bits per heavy atom. The van der Waals surface area contributed by atoms with Crippen molar-refractivity contribution in [2.45, 2.75) is 23.9 Å². The normalized spacial score (nSPS) is 16.4. The van der Waals surface area contributed by atoms with Crippen LogP contribution in [-0.4, -0.2) is 29.2 Å². The van der Waals surface area contributed by atoms with Crippen LogP contribution in [0.2, 0.25) is 0 Å². The van der Waals surface area contributed by atoms with E-state index in [9.17, 15) is 8.42 Å². The van der Waals surface area contributed by atoms with Gasteiger partial charge in [-0.15, -0.1) is 0 Å². The molecule has 0 radical (unpaired) electrons. The van der Waals surface area contributed by atoms with Gasteiger partial charge in [-0.2, -0.15) is 0 Å². The van der Waals surface area contributed by atoms with E-state index in [4.69, 9.17) is 4.98 Å². The molecule has 28 heavy (non-hydrogen) atoms. The Balaban J connectivity index is 1.61. The molecule has 1 aliphatic heterocycles. The highest BCUT2D eigenvalue weighted by atomic mass is 32.2. The lowest BCUT2D eigenvalue weighted by atomic mass is 10.0. The van der Waals surface area contributed by atoms with Crippen molar-refractivity contribution < 1.29 is 8.42 Å². The molecule has 0 bridgehead atoms. The van der Waals surface area contributed by atoms with Gasteiger partial charge >= 0.3 is 0 Å². The summed E-state index contributed by atoms with van der Waals surface area (Å²) in [4.78, 5) is 8.94. The van der Waals surface area contributed by atoms with Gasteiger partial charge < -0.3 is 4.57 Å². The highest BCUT2D eigenvalue weighted by molar-refractivity contribution is 7.90. The number of nitrogens with zero attached hydrogens (tertiary/aromatic N) is 3. The van der Waals surface area contributed by atoms with E-state index in [0.29, 0.717) is 6.04 Å². The summed E-state index contributed by atoms with van der Waals surface area (Å²) in [5.41, 5.74) is 5.27. The highest BCUT2D eigenvalue weighted by Gasteiger charge is 2.27. The second-order valence-corrected chi connectivity index (χ2v) is 9.19. The lowest BCUT2D eigenvalue weighted by molar-refractivity contribution is 0.598. The number of aromatic nitrogens is 3. The molecule has 1 atom stereocenters. The minimum absolute atomic E-state index is 0.0896. The molecule has 2 aromatic carbocycles. The number of rotatable bonds is 3. The molecule has 0 aliphatic carbocycles. The smallest absolute Gasteiger partial charge is 0.192 e. The third-order valence-corrected chi connectivity index (χ3v) is 6.35. The Morgan fingerprint density at radius 1 is 1.00 bits per heavy atom. The fourth-order valence-corrected chi connectivity index (χ4v) is 4.56. The fourth-order valence-electron chi connectivity index (χ4n) is 4.00. The summed E-state index contributed by atoms with van der Waals surface area (Å²) in [6, 6.07) is 20.4. The van der Waals surface area contributed by atoms with E-state index in [1.165, 1.54) is 11.8 Å². The van der Waals surface area contributed by atoms with Gasteiger partial charge in [-0.1, -0.05) is 36.4 Å². The van der Waals surface area contributed by atoms with Gasteiger partial charge in [0.15, 0.2) is 14.9 Å². The van der Waals surface area contributed by atoms with Crippen molar-refractivity contribution in [3.05, 3.63) is 78.2 Å². The molecule has 5 rings (SSSR count). The lowest BCUT2D eigenvalue weighted by Gasteiger charge is -2.15. The Labute approximate surface area is 163 Å². The molecule has 6 heteroatoms. The molecule has 0 unspecified atom stereocenters. The van der Waals surface area contributed by atoms with E-state index < -0.39 is 9.84 Å². The summed E-state index contributed by atoms with van der Waals surface area (Å²) in [5, 5.41) is 0.0896. The quantitative estimate of drug-likeness (QED) is 0.530. The minimum Gasteiger partial charge on any atom is -0.320 e. The number of pyridine rings is 1. The predicted octanol–water partition coefficient (Wildman–Crippen LogP) is 4.04. The van der Waals surface area contributed by atoms with Crippen LogP contribution < -0.4 is 0 Å². The molecule has 5 nitrogen and oxygen atoms in total. The molecular formula is C22H19N3O2S. The number of fused-ring (bicyclic) bond motifs is 3. The number of sulfone groups is 1. The first kappa shape index (κ1) is 17.1. The van der Waals surface area contributed by atoms with Crippen LogP contribution in [0.25, 0.3) is 22.2 Å². The average molecular weight is 389 g/mol. The standard InChI is InChI=1S/C22H19N3O2S/c1-28(26,27)22-12-8-17(14-23-22)16-7-9-18-20(13-16)25-19(10-11-21(25)24-18)15-5-3-2-4-6-15/h2-9,12-14,19H,10-11H2,1H3/t19-/m0/s1. The van der Waals surface area contributed by atoms with E-state index in [-0.39, 0.29) is 5.03 Å². The minimum atomic E-state index is -3.30. The molecule has 0 saturated carbocycles. The van der Waals surface area contributed by atoms with Crippen molar-refractivity contribution >= 4 is 20.9 Å². The van der Waals surface area contributed by atoms with Gasteiger partial charge in [-0.3, -0.25) is 0 Å². The van der Waals surface area contributed by atoms with Crippen molar-refractivity contribution in [3.63, 3.8) is 0 Å². The molecule has 2 aromatic heterocycles. The maximum absolute atomic E-state index is 11.6. The zero-order valence-electron chi connectivity index (χ0n) is 15.4. The summed E-state index contributed by atoms with van der Waals surface area (Å²) in [6.45, 7) is 0. The van der Waals surface area contributed by atoms with Crippen molar-refractivity contribution in [2.24, 2.45) is 0 Å². The van der Waals surface area contributed by atoms with E-state index in [0.717, 1.165) is 40.8 Å². The number of hydrogen-bond acceptors (Lipinski definition) is 4. The number of benzene rings is 2. The van der Waals surface area contributed by atoms with Gasteiger partial charge in [0.25, 0.3) is 0 Å². The molecule has 4 aromatic rings. The summed E-state index contributed by atoms with van der Waals surface area (Å²) < 4.78 is 25.6. The largest absolute Gasteiger partial charge is 0.320 e. The van der Waals surface area contributed by atoms with Crippen molar-refractivity contribution in [1.82, 2.24) is 14.5 Å². The Morgan fingerprint density at radius 2 is 1.79 bits per heavy atom. The first-order valence-electron chi connectivity index (χ1n) is 9.23. The van der Waals surface area contributed by atoms with Crippen molar-refractivity contribution in [2.75, 3.05) is 6.26 Å². The van der Waals surface area contributed by atoms with Crippen LogP contribution in [0.1, 0.15) is 23.9 Å². The molecule has 3 heterocycles. The van der Waals surface area contributed by atoms with E-state index >= 15 is 0 Å². The number of hydrogen-bond donors (Lipinski definition) is 0. The molecule has 0 N–H and O–H groups in total.